The maximum Gasteiger partial charge on any atom is 0.214 e. The number of piperidine rings is 1. The highest BCUT2D eigenvalue weighted by atomic mass is 32.2. The first-order valence-corrected chi connectivity index (χ1v) is 8.82. The Balaban J connectivity index is 2.46. The standard InChI is InChI=1S/C13H28N2O2S/c1-4-9-14-10-6-11-18(16,17)15-12(2)7-5-8-13(15)3/h12-14H,4-11H2,1-3H3/t12-,13+. The Morgan fingerprint density at radius 1 is 1.17 bits per heavy atom. The molecule has 1 heterocycles. The van der Waals surface area contributed by atoms with Crippen LogP contribution in [0, 0.1) is 0 Å². The van der Waals surface area contributed by atoms with Crippen LogP contribution in [0.5, 0.6) is 0 Å². The Morgan fingerprint density at radius 3 is 2.33 bits per heavy atom. The lowest BCUT2D eigenvalue weighted by Gasteiger charge is -2.37. The fourth-order valence-corrected chi connectivity index (χ4v) is 4.76. The average Bonchev–Trinajstić information content (AvgIpc) is 2.28. The summed E-state index contributed by atoms with van der Waals surface area (Å²) in [4.78, 5) is 0. The van der Waals surface area contributed by atoms with E-state index in [1.54, 1.807) is 4.31 Å². The van der Waals surface area contributed by atoms with Crippen molar-refractivity contribution in [3.05, 3.63) is 0 Å². The molecule has 0 bridgehead atoms. The molecule has 0 spiro atoms. The molecule has 18 heavy (non-hydrogen) atoms. The van der Waals surface area contributed by atoms with Gasteiger partial charge in [0.1, 0.15) is 0 Å². The van der Waals surface area contributed by atoms with Crippen molar-refractivity contribution in [1.29, 1.82) is 0 Å². The molecule has 1 saturated heterocycles. The van der Waals surface area contributed by atoms with Gasteiger partial charge < -0.3 is 5.32 Å². The number of rotatable bonds is 7. The van der Waals surface area contributed by atoms with Crippen LogP contribution in [0.4, 0.5) is 0 Å². The first-order chi connectivity index (χ1) is 8.49. The van der Waals surface area contributed by atoms with Gasteiger partial charge >= 0.3 is 0 Å². The molecule has 1 aliphatic heterocycles. The van der Waals surface area contributed by atoms with Crippen molar-refractivity contribution in [3.63, 3.8) is 0 Å². The zero-order valence-corrected chi connectivity index (χ0v) is 12.8. The molecule has 0 saturated carbocycles. The van der Waals surface area contributed by atoms with E-state index in [1.165, 1.54) is 0 Å². The summed E-state index contributed by atoms with van der Waals surface area (Å²) in [6, 6.07) is 0.338. The second-order valence-corrected chi connectivity index (χ2v) is 7.37. The van der Waals surface area contributed by atoms with E-state index >= 15 is 0 Å². The molecule has 0 aromatic rings. The van der Waals surface area contributed by atoms with Crippen LogP contribution >= 0.6 is 0 Å². The summed E-state index contributed by atoms with van der Waals surface area (Å²) in [5, 5.41) is 3.25. The van der Waals surface area contributed by atoms with Gasteiger partial charge in [-0.05, 0) is 52.6 Å². The topological polar surface area (TPSA) is 49.4 Å². The van der Waals surface area contributed by atoms with Crippen LogP contribution in [0.2, 0.25) is 0 Å². The van der Waals surface area contributed by atoms with E-state index in [2.05, 4.69) is 12.2 Å². The third-order valence-corrected chi connectivity index (χ3v) is 5.78. The van der Waals surface area contributed by atoms with Crippen molar-refractivity contribution in [2.45, 2.75) is 65.0 Å². The van der Waals surface area contributed by atoms with Gasteiger partial charge in [0.15, 0.2) is 0 Å². The van der Waals surface area contributed by atoms with Crippen molar-refractivity contribution in [2.75, 3.05) is 18.8 Å². The van der Waals surface area contributed by atoms with E-state index in [4.69, 9.17) is 0 Å². The van der Waals surface area contributed by atoms with Crippen LogP contribution in [-0.4, -0.2) is 43.6 Å². The molecule has 1 fully saturated rings. The Morgan fingerprint density at radius 2 is 1.78 bits per heavy atom. The maximum atomic E-state index is 12.3. The second kappa shape index (κ2) is 7.46. The van der Waals surface area contributed by atoms with Gasteiger partial charge in [-0.2, -0.15) is 4.31 Å². The fraction of sp³-hybridized carbons (Fsp3) is 1.00. The maximum absolute atomic E-state index is 12.3. The highest BCUT2D eigenvalue weighted by molar-refractivity contribution is 7.89. The molecular formula is C13H28N2O2S. The summed E-state index contributed by atoms with van der Waals surface area (Å²) in [7, 11) is -3.08. The Kier molecular flexibility index (Phi) is 6.60. The fourth-order valence-electron chi connectivity index (χ4n) is 2.73. The Bertz CT molecular complexity index is 320. The molecule has 5 heteroatoms. The molecule has 4 nitrogen and oxygen atoms in total. The molecule has 1 rings (SSSR count). The van der Waals surface area contributed by atoms with Crippen LogP contribution in [0.25, 0.3) is 0 Å². The molecule has 0 aromatic heterocycles. The van der Waals surface area contributed by atoms with Gasteiger partial charge in [0.05, 0.1) is 5.75 Å². The SMILES string of the molecule is CCCNCCCS(=O)(=O)N1[C@H](C)CCC[C@@H]1C. The molecule has 108 valence electrons. The molecule has 2 atom stereocenters. The van der Waals surface area contributed by atoms with Gasteiger partial charge in [-0.15, -0.1) is 0 Å². The van der Waals surface area contributed by atoms with Crippen molar-refractivity contribution in [3.8, 4) is 0 Å². The zero-order valence-electron chi connectivity index (χ0n) is 12.0. The summed E-state index contributed by atoms with van der Waals surface area (Å²) in [6.07, 6.45) is 4.94. The van der Waals surface area contributed by atoms with Crippen molar-refractivity contribution in [1.82, 2.24) is 9.62 Å². The minimum Gasteiger partial charge on any atom is -0.317 e. The summed E-state index contributed by atoms with van der Waals surface area (Å²) in [5.74, 6) is 0.276. The Labute approximate surface area is 112 Å². The van der Waals surface area contributed by atoms with E-state index in [0.29, 0.717) is 6.42 Å². The summed E-state index contributed by atoms with van der Waals surface area (Å²) >= 11 is 0. The lowest BCUT2D eigenvalue weighted by molar-refractivity contribution is 0.204. The largest absolute Gasteiger partial charge is 0.317 e. The molecule has 0 aliphatic carbocycles. The predicted molar refractivity (Wildman–Crippen MR) is 76.2 cm³/mol. The van der Waals surface area contributed by atoms with E-state index in [0.717, 1.165) is 38.8 Å². The minimum absolute atomic E-state index is 0.169. The van der Waals surface area contributed by atoms with Crippen molar-refractivity contribution in [2.24, 2.45) is 0 Å². The van der Waals surface area contributed by atoms with E-state index in [9.17, 15) is 8.42 Å². The first-order valence-electron chi connectivity index (χ1n) is 7.21. The number of sulfonamides is 1. The Hall–Kier alpha value is -0.130. The van der Waals surface area contributed by atoms with Crippen LogP contribution in [-0.2, 0) is 10.0 Å². The zero-order chi connectivity index (χ0) is 13.6. The molecule has 0 radical (unpaired) electrons. The smallest absolute Gasteiger partial charge is 0.214 e. The van der Waals surface area contributed by atoms with Crippen molar-refractivity contribution >= 4 is 10.0 Å². The molecule has 0 amide bonds. The molecular weight excluding hydrogens is 248 g/mol. The number of hydrogen-bond acceptors (Lipinski definition) is 3. The quantitative estimate of drug-likeness (QED) is 0.723. The third-order valence-electron chi connectivity index (χ3n) is 3.62. The molecule has 1 N–H and O–H groups in total. The number of nitrogens with one attached hydrogen (secondary N) is 1. The van der Waals surface area contributed by atoms with E-state index < -0.39 is 10.0 Å². The van der Waals surface area contributed by atoms with Crippen LogP contribution in [0.1, 0.15) is 52.9 Å². The molecule has 0 aromatic carbocycles. The lowest BCUT2D eigenvalue weighted by atomic mass is 10.0. The highest BCUT2D eigenvalue weighted by Crippen LogP contribution is 2.25. The summed E-state index contributed by atoms with van der Waals surface area (Å²) in [5.41, 5.74) is 0. The second-order valence-electron chi connectivity index (χ2n) is 5.38. The van der Waals surface area contributed by atoms with Crippen molar-refractivity contribution < 1.29 is 8.42 Å². The highest BCUT2D eigenvalue weighted by Gasteiger charge is 2.33. The van der Waals surface area contributed by atoms with Crippen LogP contribution in [0.15, 0.2) is 0 Å². The lowest BCUT2D eigenvalue weighted by Crippen LogP contribution is -2.48. The van der Waals surface area contributed by atoms with Gasteiger partial charge in [0, 0.05) is 12.1 Å². The van der Waals surface area contributed by atoms with Gasteiger partial charge in [-0.3, -0.25) is 0 Å². The number of hydrogen-bond donors (Lipinski definition) is 1. The molecule has 1 aliphatic rings. The molecule has 0 unspecified atom stereocenters. The van der Waals surface area contributed by atoms with Gasteiger partial charge in [0.25, 0.3) is 0 Å². The van der Waals surface area contributed by atoms with Crippen LogP contribution < -0.4 is 5.32 Å². The van der Waals surface area contributed by atoms with Gasteiger partial charge in [0.2, 0.25) is 10.0 Å². The predicted octanol–water partition coefficient (Wildman–Crippen LogP) is 1.97. The summed E-state index contributed by atoms with van der Waals surface area (Å²) < 4.78 is 26.4. The monoisotopic (exact) mass is 276 g/mol. The number of nitrogens with zero attached hydrogens (tertiary/aromatic N) is 1. The van der Waals surface area contributed by atoms with Gasteiger partial charge in [-0.1, -0.05) is 13.3 Å². The van der Waals surface area contributed by atoms with Crippen LogP contribution in [0.3, 0.4) is 0 Å². The first kappa shape index (κ1) is 15.9. The normalized spacial score (nSPS) is 26.4. The average molecular weight is 276 g/mol. The summed E-state index contributed by atoms with van der Waals surface area (Å²) in [6.45, 7) is 7.94. The van der Waals surface area contributed by atoms with E-state index in [1.807, 2.05) is 13.8 Å². The van der Waals surface area contributed by atoms with Gasteiger partial charge in [-0.25, -0.2) is 8.42 Å². The van der Waals surface area contributed by atoms with E-state index in [-0.39, 0.29) is 17.8 Å². The third kappa shape index (κ3) is 4.52. The minimum atomic E-state index is -3.08.